The molecule has 2 heterocycles. The molecule has 1 aromatic carbocycles. The van der Waals surface area contributed by atoms with Gasteiger partial charge in [-0.05, 0) is 23.3 Å². The van der Waals surface area contributed by atoms with E-state index >= 15 is 0 Å². The molecule has 1 unspecified atom stereocenters. The van der Waals surface area contributed by atoms with Crippen LogP contribution >= 0.6 is 0 Å². The fourth-order valence-electron chi connectivity index (χ4n) is 2.69. The molecule has 112 valence electrons. The molecule has 0 fully saturated rings. The lowest BCUT2D eigenvalue weighted by molar-refractivity contribution is -0.121. The minimum atomic E-state index is -0.131. The summed E-state index contributed by atoms with van der Waals surface area (Å²) in [4.78, 5) is 31.5. The van der Waals surface area contributed by atoms with Gasteiger partial charge in [0.05, 0.1) is 5.92 Å². The zero-order valence-electron chi connectivity index (χ0n) is 12.8. The molecule has 0 radical (unpaired) electrons. The third-order valence-corrected chi connectivity index (χ3v) is 3.84. The van der Waals surface area contributed by atoms with Gasteiger partial charge in [0.25, 0.3) is 11.8 Å². The first kappa shape index (κ1) is 14.3. The molecule has 3 rings (SSSR count). The monoisotopic (exact) mass is 295 g/mol. The predicted molar refractivity (Wildman–Crippen MR) is 85.3 cm³/mol. The molecule has 0 spiro atoms. The van der Waals surface area contributed by atoms with Gasteiger partial charge in [0, 0.05) is 39.1 Å². The van der Waals surface area contributed by atoms with Crippen molar-refractivity contribution in [2.45, 2.75) is 0 Å². The van der Waals surface area contributed by atoms with Crippen LogP contribution in [0.5, 0.6) is 0 Å². The molecule has 2 aliphatic rings. The van der Waals surface area contributed by atoms with Gasteiger partial charge in [-0.3, -0.25) is 14.6 Å². The smallest absolute Gasteiger partial charge is 0.272 e. The highest BCUT2D eigenvalue weighted by Gasteiger charge is 2.33. The first-order valence-electron chi connectivity index (χ1n) is 7.04. The minimum Gasteiger partial charge on any atom is -0.345 e. The van der Waals surface area contributed by atoms with Crippen LogP contribution in [0.25, 0.3) is 5.57 Å². The summed E-state index contributed by atoms with van der Waals surface area (Å²) in [5.74, 6) is -0.258. The Morgan fingerprint density at radius 2 is 2.09 bits per heavy atom. The van der Waals surface area contributed by atoms with Crippen molar-refractivity contribution in [3.63, 3.8) is 0 Å². The zero-order chi connectivity index (χ0) is 15.9. The van der Waals surface area contributed by atoms with E-state index in [1.807, 2.05) is 30.5 Å². The Bertz CT molecular complexity index is 744. The molecule has 0 saturated heterocycles. The van der Waals surface area contributed by atoms with Crippen molar-refractivity contribution >= 4 is 23.1 Å². The van der Waals surface area contributed by atoms with E-state index in [-0.39, 0.29) is 17.7 Å². The normalized spacial score (nSPS) is 19.7. The van der Waals surface area contributed by atoms with Crippen LogP contribution in [0.15, 0.2) is 47.7 Å². The van der Waals surface area contributed by atoms with Gasteiger partial charge in [0.15, 0.2) is 0 Å². The summed E-state index contributed by atoms with van der Waals surface area (Å²) in [7, 11) is 5.17. The standard InChI is InChI=1S/C17H17N3O2/c1-19(2)16(21)12-6-4-5-11(9-12)14-10-20(3)17(22)15-13(14)7-8-18-15/h4-10,13H,1-3H3. The number of amides is 2. The molecule has 1 aromatic rings. The SMILES string of the molecule is CN(C)C(=O)c1cccc(C2=CN(C)C(=O)C3=NC=CC23)c1. The molecule has 0 bridgehead atoms. The number of benzene rings is 1. The number of carbonyl (C=O) groups excluding carboxylic acids is 2. The molecule has 5 nitrogen and oxygen atoms in total. The van der Waals surface area contributed by atoms with E-state index in [1.165, 1.54) is 4.90 Å². The van der Waals surface area contributed by atoms with Crippen LogP contribution in [0.2, 0.25) is 0 Å². The molecule has 0 aromatic heterocycles. The lowest BCUT2D eigenvalue weighted by Gasteiger charge is -2.26. The average molecular weight is 295 g/mol. The second kappa shape index (κ2) is 5.26. The highest BCUT2D eigenvalue weighted by Crippen LogP contribution is 2.33. The van der Waals surface area contributed by atoms with Crippen LogP contribution in [0.3, 0.4) is 0 Å². The Morgan fingerprint density at radius 3 is 2.82 bits per heavy atom. The van der Waals surface area contributed by atoms with Gasteiger partial charge < -0.3 is 9.80 Å². The molecule has 5 heteroatoms. The van der Waals surface area contributed by atoms with Gasteiger partial charge in [-0.25, -0.2) is 0 Å². The maximum atomic E-state index is 12.1. The molecule has 1 atom stereocenters. The predicted octanol–water partition coefficient (Wildman–Crippen LogP) is 1.79. The lowest BCUT2D eigenvalue weighted by Crippen LogP contribution is -2.37. The molecule has 0 N–H and O–H groups in total. The van der Waals surface area contributed by atoms with Gasteiger partial charge in [0.1, 0.15) is 5.71 Å². The summed E-state index contributed by atoms with van der Waals surface area (Å²) in [6.45, 7) is 0. The Hall–Kier alpha value is -2.69. The Labute approximate surface area is 129 Å². The maximum Gasteiger partial charge on any atom is 0.272 e. The van der Waals surface area contributed by atoms with Crippen molar-refractivity contribution in [1.82, 2.24) is 9.80 Å². The number of aliphatic imine (C=N–C) groups is 1. The summed E-state index contributed by atoms with van der Waals surface area (Å²) < 4.78 is 0. The summed E-state index contributed by atoms with van der Waals surface area (Å²) in [5.41, 5.74) is 3.06. The summed E-state index contributed by atoms with van der Waals surface area (Å²) in [5, 5.41) is 0. The van der Waals surface area contributed by atoms with Crippen molar-refractivity contribution in [2.24, 2.45) is 10.9 Å². The molecule has 0 saturated carbocycles. The highest BCUT2D eigenvalue weighted by molar-refractivity contribution is 6.44. The van der Waals surface area contributed by atoms with E-state index in [0.29, 0.717) is 11.3 Å². The van der Waals surface area contributed by atoms with E-state index in [9.17, 15) is 9.59 Å². The van der Waals surface area contributed by atoms with E-state index < -0.39 is 0 Å². The summed E-state index contributed by atoms with van der Waals surface area (Å²) >= 11 is 0. The summed E-state index contributed by atoms with van der Waals surface area (Å²) in [6, 6.07) is 7.47. The summed E-state index contributed by atoms with van der Waals surface area (Å²) in [6.07, 6.45) is 5.40. The Balaban J connectivity index is 2.04. The van der Waals surface area contributed by atoms with Gasteiger partial charge in [0.2, 0.25) is 0 Å². The van der Waals surface area contributed by atoms with Crippen molar-refractivity contribution in [3.05, 3.63) is 53.9 Å². The van der Waals surface area contributed by atoms with Gasteiger partial charge in [-0.1, -0.05) is 18.2 Å². The molecule has 2 amide bonds. The number of fused-ring (bicyclic) bond motifs is 1. The van der Waals surface area contributed by atoms with E-state index in [4.69, 9.17) is 0 Å². The lowest BCUT2D eigenvalue weighted by atomic mass is 9.86. The molecule has 22 heavy (non-hydrogen) atoms. The van der Waals surface area contributed by atoms with Crippen molar-refractivity contribution in [2.75, 3.05) is 21.1 Å². The third kappa shape index (κ3) is 2.24. The minimum absolute atomic E-state index is 0.0430. The quantitative estimate of drug-likeness (QED) is 0.835. The maximum absolute atomic E-state index is 12.1. The highest BCUT2D eigenvalue weighted by atomic mass is 16.2. The molecular weight excluding hydrogens is 278 g/mol. The van der Waals surface area contributed by atoms with Crippen LogP contribution in [-0.4, -0.2) is 48.5 Å². The van der Waals surface area contributed by atoms with Crippen molar-refractivity contribution < 1.29 is 9.59 Å². The van der Waals surface area contributed by atoms with Crippen LogP contribution in [0.1, 0.15) is 15.9 Å². The van der Waals surface area contributed by atoms with E-state index in [2.05, 4.69) is 4.99 Å². The van der Waals surface area contributed by atoms with Crippen LogP contribution < -0.4 is 0 Å². The number of hydrogen-bond acceptors (Lipinski definition) is 3. The largest absolute Gasteiger partial charge is 0.345 e. The molecule has 2 aliphatic heterocycles. The molecule has 0 aliphatic carbocycles. The fourth-order valence-corrected chi connectivity index (χ4v) is 2.69. The van der Waals surface area contributed by atoms with Crippen molar-refractivity contribution in [3.8, 4) is 0 Å². The first-order chi connectivity index (χ1) is 10.5. The van der Waals surface area contributed by atoms with Crippen LogP contribution in [0, 0.1) is 5.92 Å². The Morgan fingerprint density at radius 1 is 1.32 bits per heavy atom. The third-order valence-electron chi connectivity index (χ3n) is 3.84. The van der Waals surface area contributed by atoms with Crippen LogP contribution in [-0.2, 0) is 4.79 Å². The van der Waals surface area contributed by atoms with E-state index in [1.54, 1.807) is 38.3 Å². The Kier molecular flexibility index (Phi) is 3.41. The number of carbonyl (C=O) groups is 2. The van der Waals surface area contributed by atoms with Gasteiger partial charge in [-0.15, -0.1) is 0 Å². The second-order valence-electron chi connectivity index (χ2n) is 5.61. The number of nitrogens with zero attached hydrogens (tertiary/aromatic N) is 3. The average Bonchev–Trinajstić information content (AvgIpc) is 3.00. The van der Waals surface area contributed by atoms with Crippen LogP contribution in [0.4, 0.5) is 0 Å². The first-order valence-corrected chi connectivity index (χ1v) is 7.04. The molecular formula is C17H17N3O2. The van der Waals surface area contributed by atoms with Gasteiger partial charge in [-0.2, -0.15) is 0 Å². The van der Waals surface area contributed by atoms with Crippen molar-refractivity contribution in [1.29, 1.82) is 0 Å². The number of rotatable bonds is 2. The number of hydrogen-bond donors (Lipinski definition) is 0. The fraction of sp³-hybridized carbons (Fsp3) is 0.235. The topological polar surface area (TPSA) is 53.0 Å². The zero-order valence-corrected chi connectivity index (χ0v) is 12.8. The van der Waals surface area contributed by atoms with E-state index in [0.717, 1.165) is 11.1 Å². The number of allylic oxidation sites excluding steroid dienone is 2. The van der Waals surface area contributed by atoms with Gasteiger partial charge >= 0.3 is 0 Å². The second-order valence-corrected chi connectivity index (χ2v) is 5.61.